The Bertz CT molecular complexity index is 1410. The second-order valence-electron chi connectivity index (χ2n) is 8.91. The van der Waals surface area contributed by atoms with E-state index in [0.717, 1.165) is 11.1 Å². The SMILES string of the molecule is Cc1ccc(C(=O)OC[C@H]2O[C@@H](n3nc4cc(Cl)c(Cl)cc4n3)C[C@@H]2OC(=O)c2ccc(C)cc2)cc1. The first kappa shape index (κ1) is 25.2. The van der Waals surface area contributed by atoms with Gasteiger partial charge in [-0.3, -0.25) is 0 Å². The molecule has 0 bridgehead atoms. The van der Waals surface area contributed by atoms with Crippen molar-refractivity contribution < 1.29 is 23.8 Å². The Hall–Kier alpha value is -3.46. The van der Waals surface area contributed by atoms with Gasteiger partial charge in [-0.2, -0.15) is 15.0 Å². The smallest absolute Gasteiger partial charge is 0.338 e. The van der Waals surface area contributed by atoms with Gasteiger partial charge < -0.3 is 14.2 Å². The van der Waals surface area contributed by atoms with E-state index >= 15 is 0 Å². The van der Waals surface area contributed by atoms with Gasteiger partial charge in [0.25, 0.3) is 0 Å². The Kier molecular flexibility index (Phi) is 7.15. The number of hydrogen-bond acceptors (Lipinski definition) is 7. The maximum absolute atomic E-state index is 12.9. The number of nitrogens with zero attached hydrogens (tertiary/aromatic N) is 3. The van der Waals surface area contributed by atoms with Crippen molar-refractivity contribution in [2.45, 2.75) is 38.7 Å². The lowest BCUT2D eigenvalue weighted by Gasteiger charge is -2.19. The Balaban J connectivity index is 1.35. The zero-order chi connectivity index (χ0) is 26.1. The van der Waals surface area contributed by atoms with Crippen LogP contribution >= 0.6 is 23.2 Å². The molecule has 0 saturated carbocycles. The molecule has 2 heterocycles. The molecular weight excluding hydrogens is 517 g/mol. The molecule has 1 aliphatic heterocycles. The van der Waals surface area contributed by atoms with Gasteiger partial charge in [-0.05, 0) is 50.2 Å². The minimum absolute atomic E-state index is 0.118. The Morgan fingerprint density at radius 1 is 0.892 bits per heavy atom. The molecule has 0 radical (unpaired) electrons. The molecular formula is C27H23Cl2N3O5. The van der Waals surface area contributed by atoms with Crippen molar-refractivity contribution in [1.29, 1.82) is 0 Å². The lowest BCUT2D eigenvalue weighted by Crippen LogP contribution is -2.32. The van der Waals surface area contributed by atoms with Crippen molar-refractivity contribution in [2.24, 2.45) is 0 Å². The Morgan fingerprint density at radius 3 is 1.95 bits per heavy atom. The maximum Gasteiger partial charge on any atom is 0.338 e. The van der Waals surface area contributed by atoms with Crippen molar-refractivity contribution in [3.05, 3.63) is 93.0 Å². The number of carbonyl (C=O) groups excluding carboxylic acids is 2. The largest absolute Gasteiger partial charge is 0.459 e. The van der Waals surface area contributed by atoms with Crippen molar-refractivity contribution in [1.82, 2.24) is 15.0 Å². The fourth-order valence-corrected chi connectivity index (χ4v) is 4.31. The van der Waals surface area contributed by atoms with E-state index in [9.17, 15) is 9.59 Å². The highest BCUT2D eigenvalue weighted by Crippen LogP contribution is 2.33. The molecule has 190 valence electrons. The standard InChI is InChI=1S/C27H23Cl2N3O5/c1-15-3-7-17(8-4-15)26(33)35-14-24-23(37-27(34)18-9-5-16(2)6-10-18)13-25(36-24)32-30-21-11-19(28)20(29)12-22(21)31-32/h3-12,23-25H,13-14H2,1-2H3/t23-,24+,25+/m0/s1. The van der Waals surface area contributed by atoms with Gasteiger partial charge in [0.2, 0.25) is 0 Å². The predicted octanol–water partition coefficient (Wildman–Crippen LogP) is 5.73. The third-order valence-corrected chi connectivity index (χ3v) is 6.81. The summed E-state index contributed by atoms with van der Waals surface area (Å²) in [6.07, 6.45) is -1.84. The minimum atomic E-state index is -0.727. The molecule has 0 amide bonds. The van der Waals surface area contributed by atoms with E-state index in [1.165, 1.54) is 4.80 Å². The van der Waals surface area contributed by atoms with E-state index in [1.54, 1.807) is 36.4 Å². The second-order valence-corrected chi connectivity index (χ2v) is 9.73. The number of benzene rings is 3. The van der Waals surface area contributed by atoms with Crippen LogP contribution in [0.4, 0.5) is 0 Å². The van der Waals surface area contributed by atoms with Crippen LogP contribution in [0.2, 0.25) is 10.0 Å². The summed E-state index contributed by atoms with van der Waals surface area (Å²) in [5, 5.41) is 9.63. The van der Waals surface area contributed by atoms with Crippen molar-refractivity contribution in [3.63, 3.8) is 0 Å². The first-order valence-electron chi connectivity index (χ1n) is 11.7. The molecule has 10 heteroatoms. The number of aromatic nitrogens is 3. The highest BCUT2D eigenvalue weighted by molar-refractivity contribution is 6.42. The van der Waals surface area contributed by atoms with E-state index in [2.05, 4.69) is 10.2 Å². The summed E-state index contributed by atoms with van der Waals surface area (Å²) in [5.74, 6) is -0.996. The number of carbonyl (C=O) groups is 2. The number of aryl methyl sites for hydroxylation is 2. The number of esters is 2. The van der Waals surface area contributed by atoms with Gasteiger partial charge in [-0.15, -0.1) is 0 Å². The van der Waals surface area contributed by atoms with Gasteiger partial charge in [-0.1, -0.05) is 58.6 Å². The fraction of sp³-hybridized carbons (Fsp3) is 0.259. The number of rotatable bonds is 6. The van der Waals surface area contributed by atoms with Crippen molar-refractivity contribution >= 4 is 46.2 Å². The zero-order valence-corrected chi connectivity index (χ0v) is 21.6. The molecule has 3 aromatic carbocycles. The number of fused-ring (bicyclic) bond motifs is 1. The molecule has 5 rings (SSSR count). The Morgan fingerprint density at radius 2 is 1.41 bits per heavy atom. The van der Waals surface area contributed by atoms with Crippen LogP contribution in [0.15, 0.2) is 60.7 Å². The Labute approximate surface area is 223 Å². The first-order chi connectivity index (χ1) is 17.8. The molecule has 37 heavy (non-hydrogen) atoms. The summed E-state index contributed by atoms with van der Waals surface area (Å²) >= 11 is 12.2. The molecule has 1 aromatic heterocycles. The highest BCUT2D eigenvalue weighted by atomic mass is 35.5. The van der Waals surface area contributed by atoms with E-state index in [1.807, 2.05) is 38.1 Å². The molecule has 0 spiro atoms. The van der Waals surface area contributed by atoms with Gasteiger partial charge in [0.1, 0.15) is 29.8 Å². The van der Waals surface area contributed by atoms with Crippen LogP contribution < -0.4 is 0 Å². The molecule has 4 aromatic rings. The molecule has 1 fully saturated rings. The lowest BCUT2D eigenvalue weighted by molar-refractivity contribution is -0.0633. The van der Waals surface area contributed by atoms with Crippen LogP contribution in [0.5, 0.6) is 0 Å². The third-order valence-electron chi connectivity index (χ3n) is 6.09. The average Bonchev–Trinajstić information content (AvgIpc) is 3.47. The molecule has 0 unspecified atom stereocenters. The van der Waals surface area contributed by atoms with Crippen LogP contribution in [-0.2, 0) is 14.2 Å². The summed E-state index contributed by atoms with van der Waals surface area (Å²) in [6, 6.07) is 17.4. The molecule has 0 aliphatic carbocycles. The van der Waals surface area contributed by atoms with Crippen LogP contribution in [0.1, 0.15) is 44.5 Å². The summed E-state index contributed by atoms with van der Waals surface area (Å²) in [4.78, 5) is 26.8. The minimum Gasteiger partial charge on any atom is -0.459 e. The number of ether oxygens (including phenoxy) is 3. The van der Waals surface area contributed by atoms with Gasteiger partial charge in [-0.25, -0.2) is 9.59 Å². The van der Waals surface area contributed by atoms with E-state index < -0.39 is 30.4 Å². The van der Waals surface area contributed by atoms with Crippen molar-refractivity contribution in [3.8, 4) is 0 Å². The zero-order valence-electron chi connectivity index (χ0n) is 20.1. The van der Waals surface area contributed by atoms with Gasteiger partial charge >= 0.3 is 11.9 Å². The maximum atomic E-state index is 12.9. The molecule has 1 saturated heterocycles. The number of halogens is 2. The molecule has 1 aliphatic rings. The summed E-state index contributed by atoms with van der Waals surface area (Å²) in [5.41, 5.74) is 3.97. The van der Waals surface area contributed by atoms with Crippen LogP contribution in [-0.4, -0.2) is 45.7 Å². The topological polar surface area (TPSA) is 92.5 Å². The molecule has 0 N–H and O–H groups in total. The van der Waals surface area contributed by atoms with E-state index in [4.69, 9.17) is 37.4 Å². The van der Waals surface area contributed by atoms with E-state index in [0.29, 0.717) is 32.2 Å². The predicted molar refractivity (Wildman–Crippen MR) is 138 cm³/mol. The average molecular weight is 540 g/mol. The monoisotopic (exact) mass is 539 g/mol. The van der Waals surface area contributed by atoms with E-state index in [-0.39, 0.29) is 13.0 Å². The third kappa shape index (κ3) is 5.61. The van der Waals surface area contributed by atoms with Crippen LogP contribution in [0.25, 0.3) is 11.0 Å². The summed E-state index contributed by atoms with van der Waals surface area (Å²) in [6.45, 7) is 3.75. The van der Waals surface area contributed by atoms with Gasteiger partial charge in [0, 0.05) is 6.42 Å². The normalized spacial score (nSPS) is 19.2. The summed E-state index contributed by atoms with van der Waals surface area (Å²) in [7, 11) is 0. The van der Waals surface area contributed by atoms with Crippen LogP contribution in [0.3, 0.4) is 0 Å². The fourth-order valence-electron chi connectivity index (χ4n) is 4.00. The molecule has 8 nitrogen and oxygen atoms in total. The first-order valence-corrected chi connectivity index (χ1v) is 12.4. The second kappa shape index (κ2) is 10.5. The quantitative estimate of drug-likeness (QED) is 0.289. The lowest BCUT2D eigenvalue weighted by atomic mass is 10.1. The van der Waals surface area contributed by atoms with Crippen molar-refractivity contribution in [2.75, 3.05) is 6.61 Å². The van der Waals surface area contributed by atoms with Gasteiger partial charge in [0.05, 0.1) is 21.2 Å². The van der Waals surface area contributed by atoms with Gasteiger partial charge in [0.15, 0.2) is 6.23 Å². The summed E-state index contributed by atoms with van der Waals surface area (Å²) < 4.78 is 17.4. The van der Waals surface area contributed by atoms with Crippen LogP contribution in [0, 0.1) is 13.8 Å². The number of hydrogen-bond donors (Lipinski definition) is 0. The molecule has 3 atom stereocenters. The highest BCUT2D eigenvalue weighted by Gasteiger charge is 2.41.